The molecule has 1 fully saturated rings. The molecule has 1 aromatic heterocycles. The van der Waals surface area contributed by atoms with E-state index < -0.39 is 5.82 Å². The number of nitriles is 1. The Morgan fingerprint density at radius 2 is 1.57 bits per heavy atom. The maximum atomic E-state index is 15.4. The zero-order chi connectivity index (χ0) is 25.0. The summed E-state index contributed by atoms with van der Waals surface area (Å²) in [6.45, 7) is 4.71. The van der Waals surface area contributed by atoms with E-state index in [4.69, 9.17) is 11.6 Å². The van der Waals surface area contributed by atoms with Gasteiger partial charge in [0.25, 0.3) is 0 Å². The lowest BCUT2D eigenvalue weighted by atomic mass is 10.0. The molecule has 0 radical (unpaired) electrons. The van der Waals surface area contributed by atoms with Gasteiger partial charge in [-0.25, -0.2) is 4.39 Å². The maximum Gasteiger partial charge on any atom is 0.152 e. The Labute approximate surface area is 229 Å². The van der Waals surface area contributed by atoms with Gasteiger partial charge in [-0.3, -0.25) is 4.68 Å². The minimum absolute atomic E-state index is 0.0646. The second-order valence-corrected chi connectivity index (χ2v) is 11.3. The van der Waals surface area contributed by atoms with E-state index >= 15 is 4.39 Å². The van der Waals surface area contributed by atoms with Gasteiger partial charge in [-0.1, -0.05) is 89.2 Å². The SMILES string of the molecule is CCCCCCCCCCCCCCn1ncc(I)c1-c1c(F)c(Cl)cc(N2CCCC2)c1C#N. The van der Waals surface area contributed by atoms with Crippen LogP contribution in [0, 0.1) is 20.7 Å². The maximum absolute atomic E-state index is 15.4. The molecule has 7 heteroatoms. The highest BCUT2D eigenvalue weighted by atomic mass is 127. The van der Waals surface area contributed by atoms with Gasteiger partial charge in [-0.15, -0.1) is 0 Å². The van der Waals surface area contributed by atoms with Crippen molar-refractivity contribution >= 4 is 39.9 Å². The van der Waals surface area contributed by atoms with E-state index in [1.165, 1.54) is 64.2 Å². The molecule has 0 spiro atoms. The quantitative estimate of drug-likeness (QED) is 0.149. The van der Waals surface area contributed by atoms with Crippen LogP contribution in [0.15, 0.2) is 12.3 Å². The Bertz CT molecular complexity index is 978. The lowest BCUT2D eigenvalue weighted by molar-refractivity contribution is 0.514. The third kappa shape index (κ3) is 7.82. The first-order chi connectivity index (χ1) is 17.1. The third-order valence-electron chi connectivity index (χ3n) is 7.01. The fourth-order valence-electron chi connectivity index (χ4n) is 5.04. The largest absolute Gasteiger partial charge is 0.370 e. The summed E-state index contributed by atoms with van der Waals surface area (Å²) < 4.78 is 18.1. The van der Waals surface area contributed by atoms with Gasteiger partial charge >= 0.3 is 0 Å². The summed E-state index contributed by atoms with van der Waals surface area (Å²) >= 11 is 8.52. The van der Waals surface area contributed by atoms with Crippen molar-refractivity contribution in [3.63, 3.8) is 0 Å². The highest BCUT2D eigenvalue weighted by Gasteiger charge is 2.27. The number of hydrogen-bond donors (Lipinski definition) is 0. The lowest BCUT2D eigenvalue weighted by Gasteiger charge is -2.22. The van der Waals surface area contributed by atoms with Crippen LogP contribution < -0.4 is 4.90 Å². The number of nitrogens with zero attached hydrogens (tertiary/aromatic N) is 4. The third-order valence-corrected chi connectivity index (χ3v) is 8.08. The zero-order valence-corrected chi connectivity index (χ0v) is 24.0. The standard InChI is InChI=1S/C28H39ClFIN4/c1-2-3-4-5-6-7-8-9-10-11-12-13-18-35-28(24(31)21-33-35)26-22(20-32)25(19-23(29)27(26)30)34-16-14-15-17-34/h19,21H,2-18H2,1H3. The Hall–Kier alpha value is -1.33. The van der Waals surface area contributed by atoms with Crippen LogP contribution in [-0.2, 0) is 6.54 Å². The fourth-order valence-corrected chi connectivity index (χ4v) is 5.91. The smallest absolute Gasteiger partial charge is 0.152 e. The van der Waals surface area contributed by atoms with Crippen molar-refractivity contribution in [1.82, 2.24) is 9.78 Å². The van der Waals surface area contributed by atoms with E-state index in [2.05, 4.69) is 45.6 Å². The van der Waals surface area contributed by atoms with E-state index in [9.17, 15) is 5.26 Å². The van der Waals surface area contributed by atoms with Gasteiger partial charge in [-0.2, -0.15) is 10.4 Å². The molecule has 4 nitrogen and oxygen atoms in total. The molecular weight excluding hydrogens is 574 g/mol. The normalized spacial score (nSPS) is 13.5. The number of hydrogen-bond acceptors (Lipinski definition) is 3. The van der Waals surface area contributed by atoms with Crippen molar-refractivity contribution in [2.45, 2.75) is 103 Å². The van der Waals surface area contributed by atoms with E-state index in [0.29, 0.717) is 23.4 Å². The topological polar surface area (TPSA) is 44.9 Å². The molecule has 0 N–H and O–H groups in total. The molecule has 0 amide bonds. The van der Waals surface area contributed by atoms with Crippen molar-refractivity contribution in [3.05, 3.63) is 32.2 Å². The molecule has 0 aliphatic carbocycles. The average molecular weight is 613 g/mol. The van der Waals surface area contributed by atoms with Crippen LogP contribution in [0.3, 0.4) is 0 Å². The first-order valence-corrected chi connectivity index (χ1v) is 14.9. The minimum atomic E-state index is -0.527. The van der Waals surface area contributed by atoms with E-state index in [1.807, 2.05) is 4.68 Å². The van der Waals surface area contributed by atoms with Gasteiger partial charge in [0, 0.05) is 19.6 Å². The van der Waals surface area contributed by atoms with Crippen LogP contribution >= 0.6 is 34.2 Å². The first-order valence-electron chi connectivity index (χ1n) is 13.5. The predicted molar refractivity (Wildman–Crippen MR) is 153 cm³/mol. The van der Waals surface area contributed by atoms with Crippen LogP contribution in [0.25, 0.3) is 11.3 Å². The van der Waals surface area contributed by atoms with Crippen LogP contribution in [0.2, 0.25) is 5.02 Å². The number of aromatic nitrogens is 2. The molecule has 35 heavy (non-hydrogen) atoms. The van der Waals surface area contributed by atoms with Crippen molar-refractivity contribution in [2.75, 3.05) is 18.0 Å². The molecule has 0 atom stereocenters. The van der Waals surface area contributed by atoms with Gasteiger partial charge in [0.05, 0.1) is 37.3 Å². The second-order valence-electron chi connectivity index (χ2n) is 9.70. The highest BCUT2D eigenvalue weighted by Crippen LogP contribution is 2.40. The number of halogens is 3. The molecule has 2 heterocycles. The first kappa shape index (κ1) is 28.2. The van der Waals surface area contributed by atoms with Crippen LogP contribution in [-0.4, -0.2) is 22.9 Å². The number of anilines is 1. The highest BCUT2D eigenvalue weighted by molar-refractivity contribution is 14.1. The summed E-state index contributed by atoms with van der Waals surface area (Å²) in [4.78, 5) is 2.14. The number of aryl methyl sites for hydroxylation is 1. The summed E-state index contributed by atoms with van der Waals surface area (Å²) in [6.07, 6.45) is 19.4. The van der Waals surface area contributed by atoms with Crippen LogP contribution in [0.4, 0.5) is 10.1 Å². The van der Waals surface area contributed by atoms with Crippen molar-refractivity contribution in [2.24, 2.45) is 0 Å². The summed E-state index contributed by atoms with van der Waals surface area (Å²) in [5.74, 6) is -0.527. The molecule has 1 aliphatic rings. The molecule has 3 rings (SSSR count). The second kappa shape index (κ2) is 15.0. The molecule has 2 aromatic rings. The Balaban J connectivity index is 1.57. The van der Waals surface area contributed by atoms with Crippen LogP contribution in [0.5, 0.6) is 0 Å². The number of rotatable bonds is 15. The fraction of sp³-hybridized carbons (Fsp3) is 0.643. The lowest BCUT2D eigenvalue weighted by Crippen LogP contribution is -2.20. The molecule has 0 bridgehead atoms. The molecule has 1 saturated heterocycles. The minimum Gasteiger partial charge on any atom is -0.370 e. The molecule has 1 aliphatic heterocycles. The number of unbranched alkanes of at least 4 members (excludes halogenated alkanes) is 11. The molecular formula is C28H39ClFIN4. The van der Waals surface area contributed by atoms with Gasteiger partial charge in [0.1, 0.15) is 6.07 Å². The molecule has 192 valence electrons. The van der Waals surface area contributed by atoms with E-state index in [-0.39, 0.29) is 5.02 Å². The zero-order valence-electron chi connectivity index (χ0n) is 21.1. The summed E-state index contributed by atoms with van der Waals surface area (Å²) in [7, 11) is 0. The summed E-state index contributed by atoms with van der Waals surface area (Å²) in [5.41, 5.74) is 2.07. The summed E-state index contributed by atoms with van der Waals surface area (Å²) in [5, 5.41) is 14.6. The van der Waals surface area contributed by atoms with Crippen molar-refractivity contribution < 1.29 is 4.39 Å². The molecule has 0 saturated carbocycles. The monoisotopic (exact) mass is 612 g/mol. The Morgan fingerprint density at radius 1 is 1.00 bits per heavy atom. The van der Waals surface area contributed by atoms with E-state index in [0.717, 1.165) is 48.0 Å². The van der Waals surface area contributed by atoms with Gasteiger partial charge in [-0.05, 0) is 47.9 Å². The van der Waals surface area contributed by atoms with Gasteiger partial charge in [0.15, 0.2) is 5.82 Å². The molecule has 0 unspecified atom stereocenters. The van der Waals surface area contributed by atoms with Crippen molar-refractivity contribution in [3.8, 4) is 17.3 Å². The summed E-state index contributed by atoms with van der Waals surface area (Å²) in [6, 6.07) is 3.90. The van der Waals surface area contributed by atoms with Crippen molar-refractivity contribution in [1.29, 1.82) is 5.26 Å². The molecule has 1 aromatic carbocycles. The number of benzene rings is 1. The van der Waals surface area contributed by atoms with Crippen LogP contribution in [0.1, 0.15) is 102 Å². The van der Waals surface area contributed by atoms with Gasteiger partial charge in [0.2, 0.25) is 0 Å². The van der Waals surface area contributed by atoms with Gasteiger partial charge < -0.3 is 4.90 Å². The predicted octanol–water partition coefficient (Wildman–Crippen LogP) is 9.12. The van der Waals surface area contributed by atoms with E-state index in [1.54, 1.807) is 12.3 Å². The Kier molecular flexibility index (Phi) is 12.1. The Morgan fingerprint density at radius 3 is 2.14 bits per heavy atom. The average Bonchev–Trinajstić information content (AvgIpc) is 3.51.